The van der Waals surface area contributed by atoms with Crippen molar-refractivity contribution in [2.24, 2.45) is 5.92 Å². The number of aryl methyl sites for hydroxylation is 2. The van der Waals surface area contributed by atoms with E-state index in [1.807, 2.05) is 18.0 Å². The average molecular weight is 377 g/mol. The van der Waals surface area contributed by atoms with Crippen LogP contribution < -0.4 is 0 Å². The minimum absolute atomic E-state index is 0.186. The first-order valence-electron chi connectivity index (χ1n) is 10.2. The van der Waals surface area contributed by atoms with Gasteiger partial charge in [-0.05, 0) is 67.9 Å². The van der Waals surface area contributed by atoms with E-state index in [4.69, 9.17) is 9.72 Å². The Balaban J connectivity index is 1.69. The van der Waals surface area contributed by atoms with Gasteiger partial charge in [-0.1, -0.05) is 35.9 Å². The summed E-state index contributed by atoms with van der Waals surface area (Å²) in [5.74, 6) is 0.714. The first-order chi connectivity index (χ1) is 13.6. The first-order valence-corrected chi connectivity index (χ1v) is 10.2. The normalized spacial score (nSPS) is 19.0. The maximum atomic E-state index is 12.1. The van der Waals surface area contributed by atoms with E-state index in [-0.39, 0.29) is 12.0 Å². The summed E-state index contributed by atoms with van der Waals surface area (Å²) in [4.78, 5) is 18.8. The van der Waals surface area contributed by atoms with E-state index in [0.29, 0.717) is 12.5 Å². The monoisotopic (exact) mass is 376 g/mol. The van der Waals surface area contributed by atoms with Crippen molar-refractivity contribution >= 4 is 18.2 Å². The van der Waals surface area contributed by atoms with Crippen molar-refractivity contribution in [1.29, 1.82) is 0 Å². The summed E-state index contributed by atoms with van der Waals surface area (Å²) in [7, 11) is 0. The molecule has 0 N–H and O–H groups in total. The molecule has 0 bridgehead atoms. The van der Waals surface area contributed by atoms with Crippen LogP contribution in [0.15, 0.2) is 30.5 Å². The molecule has 1 aromatic carbocycles. The molecule has 1 fully saturated rings. The highest BCUT2D eigenvalue weighted by atomic mass is 16.6. The number of carbonyl (C=O) groups is 1. The second kappa shape index (κ2) is 7.78. The number of pyridine rings is 1. The molecule has 4 nitrogen and oxygen atoms in total. The molecule has 0 spiro atoms. The van der Waals surface area contributed by atoms with Crippen LogP contribution in [-0.2, 0) is 4.74 Å². The van der Waals surface area contributed by atoms with Crippen molar-refractivity contribution in [2.45, 2.75) is 39.5 Å². The molecular formula is C24H28N2O2. The third-order valence-corrected chi connectivity index (χ3v) is 5.94. The molecule has 2 heterocycles. The number of piperidine rings is 1. The Kier molecular flexibility index (Phi) is 5.21. The van der Waals surface area contributed by atoms with Gasteiger partial charge in [-0.25, -0.2) is 4.79 Å². The predicted molar refractivity (Wildman–Crippen MR) is 112 cm³/mol. The van der Waals surface area contributed by atoms with E-state index in [2.05, 4.69) is 50.3 Å². The summed E-state index contributed by atoms with van der Waals surface area (Å²) >= 11 is 0. The summed E-state index contributed by atoms with van der Waals surface area (Å²) in [6.45, 7) is 8.01. The van der Waals surface area contributed by atoms with Gasteiger partial charge in [-0.15, -0.1) is 0 Å². The lowest BCUT2D eigenvalue weighted by Crippen LogP contribution is -2.40. The number of aromatic nitrogens is 1. The minimum Gasteiger partial charge on any atom is -0.450 e. The van der Waals surface area contributed by atoms with Gasteiger partial charge in [0, 0.05) is 25.2 Å². The highest BCUT2D eigenvalue weighted by Gasteiger charge is 2.34. The van der Waals surface area contributed by atoms with Crippen molar-refractivity contribution < 1.29 is 9.53 Å². The highest BCUT2D eigenvalue weighted by molar-refractivity contribution is 5.76. The van der Waals surface area contributed by atoms with Crippen LogP contribution in [0.5, 0.6) is 0 Å². The number of rotatable bonds is 2. The molecule has 1 aromatic heterocycles. The first kappa shape index (κ1) is 18.7. The summed E-state index contributed by atoms with van der Waals surface area (Å²) < 4.78 is 5.19. The molecule has 2 aliphatic rings. The van der Waals surface area contributed by atoms with Gasteiger partial charge in [0.2, 0.25) is 0 Å². The quantitative estimate of drug-likeness (QED) is 0.725. The summed E-state index contributed by atoms with van der Waals surface area (Å²) in [6.07, 6.45) is 8.16. The van der Waals surface area contributed by atoms with Crippen LogP contribution in [0.3, 0.4) is 0 Å². The van der Waals surface area contributed by atoms with Crippen molar-refractivity contribution in [3.63, 3.8) is 0 Å². The number of benzene rings is 1. The van der Waals surface area contributed by atoms with Gasteiger partial charge in [0.15, 0.2) is 0 Å². The molecule has 1 atom stereocenters. The third-order valence-electron chi connectivity index (χ3n) is 5.94. The van der Waals surface area contributed by atoms with Gasteiger partial charge in [-0.2, -0.15) is 0 Å². The van der Waals surface area contributed by atoms with Crippen molar-refractivity contribution in [3.05, 3.63) is 64.0 Å². The molecule has 1 saturated heterocycles. The van der Waals surface area contributed by atoms with Gasteiger partial charge in [0.05, 0.1) is 12.3 Å². The molecule has 4 rings (SSSR count). The zero-order chi connectivity index (χ0) is 19.7. The summed E-state index contributed by atoms with van der Waals surface area (Å²) in [5.41, 5.74) is 7.47. The smallest absolute Gasteiger partial charge is 0.409 e. The van der Waals surface area contributed by atoms with Gasteiger partial charge in [-0.3, -0.25) is 4.98 Å². The molecule has 1 aliphatic heterocycles. The standard InChI is InChI=1S/C24H28N2O2/c1-4-28-24(27)26-11-9-18(10-12-26)22-21-8-5-16(2)13-19(21)6-7-20-14-17(3)15-25-23(20)22/h5-8,13-15,18,22H,4,9-12H2,1-3H3. The molecule has 28 heavy (non-hydrogen) atoms. The second-order valence-corrected chi connectivity index (χ2v) is 7.95. The number of carbonyl (C=O) groups excluding carboxylic acids is 1. The Hall–Kier alpha value is -2.62. The highest BCUT2D eigenvalue weighted by Crippen LogP contribution is 2.42. The molecule has 1 amide bonds. The molecule has 146 valence electrons. The van der Waals surface area contributed by atoms with E-state index in [1.165, 1.54) is 33.5 Å². The van der Waals surface area contributed by atoms with Crippen LogP contribution in [0.1, 0.15) is 59.2 Å². The largest absolute Gasteiger partial charge is 0.450 e. The Morgan fingerprint density at radius 3 is 2.57 bits per heavy atom. The molecule has 0 radical (unpaired) electrons. The van der Waals surface area contributed by atoms with Crippen molar-refractivity contribution in [3.8, 4) is 0 Å². The maximum absolute atomic E-state index is 12.1. The second-order valence-electron chi connectivity index (χ2n) is 7.95. The van der Waals surface area contributed by atoms with E-state index < -0.39 is 0 Å². The number of hydrogen-bond acceptors (Lipinski definition) is 3. The number of hydrogen-bond donors (Lipinski definition) is 0. The fourth-order valence-corrected chi connectivity index (χ4v) is 4.55. The van der Waals surface area contributed by atoms with Crippen LogP contribution in [0.2, 0.25) is 0 Å². The Morgan fingerprint density at radius 2 is 1.82 bits per heavy atom. The van der Waals surface area contributed by atoms with E-state index in [1.54, 1.807) is 0 Å². The van der Waals surface area contributed by atoms with E-state index in [0.717, 1.165) is 25.9 Å². The Morgan fingerprint density at radius 1 is 1.11 bits per heavy atom. The number of likely N-dealkylation sites (tertiary alicyclic amines) is 1. The van der Waals surface area contributed by atoms with E-state index in [9.17, 15) is 4.79 Å². The molecule has 2 aromatic rings. The Bertz CT molecular complexity index is 855. The van der Waals surface area contributed by atoms with Gasteiger partial charge in [0.1, 0.15) is 0 Å². The Labute approximate surface area is 167 Å². The molecule has 1 unspecified atom stereocenters. The van der Waals surface area contributed by atoms with Crippen LogP contribution in [0, 0.1) is 19.8 Å². The van der Waals surface area contributed by atoms with Crippen LogP contribution in [0.4, 0.5) is 4.79 Å². The van der Waals surface area contributed by atoms with E-state index >= 15 is 0 Å². The number of fused-ring (bicyclic) bond motifs is 2. The van der Waals surface area contributed by atoms with Gasteiger partial charge < -0.3 is 9.64 Å². The van der Waals surface area contributed by atoms with Crippen molar-refractivity contribution in [2.75, 3.05) is 19.7 Å². The van der Waals surface area contributed by atoms with Crippen molar-refractivity contribution in [1.82, 2.24) is 9.88 Å². The fraction of sp³-hybridized carbons (Fsp3) is 0.417. The lowest BCUT2D eigenvalue weighted by atomic mass is 9.76. The zero-order valence-corrected chi connectivity index (χ0v) is 16.9. The van der Waals surface area contributed by atoms with Gasteiger partial charge in [0.25, 0.3) is 0 Å². The number of ether oxygens (including phenoxy) is 1. The topological polar surface area (TPSA) is 42.4 Å². The lowest BCUT2D eigenvalue weighted by molar-refractivity contribution is 0.0900. The molecule has 1 aliphatic carbocycles. The predicted octanol–water partition coefficient (Wildman–Crippen LogP) is 5.18. The minimum atomic E-state index is -0.186. The third kappa shape index (κ3) is 3.56. The van der Waals surface area contributed by atoms with Crippen LogP contribution in [-0.4, -0.2) is 35.7 Å². The SMILES string of the molecule is CCOC(=O)N1CCC(C2c3ccc(C)cc3C=Cc3cc(C)cnc32)CC1. The summed E-state index contributed by atoms with van der Waals surface area (Å²) in [6, 6.07) is 8.98. The maximum Gasteiger partial charge on any atom is 0.409 e. The molecule has 4 heteroatoms. The average Bonchev–Trinajstić information content (AvgIpc) is 2.84. The molecule has 0 saturated carbocycles. The van der Waals surface area contributed by atoms with Crippen LogP contribution >= 0.6 is 0 Å². The van der Waals surface area contributed by atoms with Crippen LogP contribution in [0.25, 0.3) is 12.2 Å². The number of amides is 1. The van der Waals surface area contributed by atoms with Gasteiger partial charge >= 0.3 is 6.09 Å². The fourth-order valence-electron chi connectivity index (χ4n) is 4.55. The molecular weight excluding hydrogens is 348 g/mol. The zero-order valence-electron chi connectivity index (χ0n) is 16.9. The number of nitrogens with zero attached hydrogens (tertiary/aromatic N) is 2. The lowest BCUT2D eigenvalue weighted by Gasteiger charge is -2.36. The summed E-state index contributed by atoms with van der Waals surface area (Å²) in [5, 5.41) is 0.